The predicted octanol–water partition coefficient (Wildman–Crippen LogP) is 1.91. The number of benzene rings is 1. The molecule has 1 N–H and O–H groups in total. The first kappa shape index (κ1) is 15.5. The highest BCUT2D eigenvalue weighted by atomic mass is 16.5. The zero-order valence-electron chi connectivity index (χ0n) is 12.6. The summed E-state index contributed by atoms with van der Waals surface area (Å²) in [6.07, 6.45) is 0.370. The van der Waals surface area contributed by atoms with Crippen molar-refractivity contribution < 1.29 is 19.4 Å². The zero-order valence-corrected chi connectivity index (χ0v) is 12.6. The molecule has 0 saturated heterocycles. The average Bonchev–Trinajstić information content (AvgIpc) is 2.64. The molecule has 1 aliphatic heterocycles. The average molecular weight is 291 g/mol. The summed E-state index contributed by atoms with van der Waals surface area (Å²) in [5, 5.41) is 10.1. The Morgan fingerprint density at radius 2 is 2.05 bits per heavy atom. The van der Waals surface area contributed by atoms with Gasteiger partial charge in [0.2, 0.25) is 0 Å². The van der Waals surface area contributed by atoms with Crippen molar-refractivity contribution in [2.45, 2.75) is 38.8 Å². The van der Waals surface area contributed by atoms with Gasteiger partial charge in [0.1, 0.15) is 6.54 Å². The van der Waals surface area contributed by atoms with E-state index in [-0.39, 0.29) is 25.1 Å². The van der Waals surface area contributed by atoms with Gasteiger partial charge >= 0.3 is 5.97 Å². The van der Waals surface area contributed by atoms with Crippen molar-refractivity contribution in [2.75, 3.05) is 13.2 Å². The van der Waals surface area contributed by atoms with Crippen molar-refractivity contribution in [1.29, 1.82) is 0 Å². The number of aliphatic hydroxyl groups is 1. The van der Waals surface area contributed by atoms with Crippen LogP contribution in [-0.4, -0.2) is 40.6 Å². The lowest BCUT2D eigenvalue weighted by molar-refractivity contribution is -0.144. The number of nitrogens with zero attached hydrogens (tertiary/aromatic N) is 1. The highest BCUT2D eigenvalue weighted by molar-refractivity contribution is 6.00. The van der Waals surface area contributed by atoms with Gasteiger partial charge in [-0.25, -0.2) is 0 Å². The second kappa shape index (κ2) is 5.85. The van der Waals surface area contributed by atoms with E-state index < -0.39 is 11.6 Å². The molecule has 1 aromatic carbocycles. The van der Waals surface area contributed by atoms with Crippen molar-refractivity contribution in [3.05, 3.63) is 35.4 Å². The summed E-state index contributed by atoms with van der Waals surface area (Å²) in [4.78, 5) is 25.7. The van der Waals surface area contributed by atoms with Crippen LogP contribution >= 0.6 is 0 Å². The maximum Gasteiger partial charge on any atom is 0.325 e. The first-order valence-electron chi connectivity index (χ1n) is 7.11. The molecule has 0 radical (unpaired) electrons. The van der Waals surface area contributed by atoms with Gasteiger partial charge in [-0.1, -0.05) is 18.2 Å². The highest BCUT2D eigenvalue weighted by Crippen LogP contribution is 2.38. The minimum atomic E-state index is -0.935. The van der Waals surface area contributed by atoms with E-state index in [1.54, 1.807) is 32.9 Å². The van der Waals surface area contributed by atoms with Crippen LogP contribution in [0.15, 0.2) is 24.3 Å². The molecule has 1 unspecified atom stereocenters. The molecule has 1 aromatic rings. The van der Waals surface area contributed by atoms with Gasteiger partial charge in [0.15, 0.2) is 0 Å². The molecule has 21 heavy (non-hydrogen) atoms. The second-order valence-electron chi connectivity index (χ2n) is 5.86. The maximum absolute atomic E-state index is 12.5. The van der Waals surface area contributed by atoms with Gasteiger partial charge in [-0.3, -0.25) is 9.59 Å². The van der Waals surface area contributed by atoms with E-state index >= 15 is 0 Å². The number of esters is 1. The number of fused-ring (bicyclic) bond motifs is 1. The fourth-order valence-corrected chi connectivity index (χ4v) is 2.67. The Balaban J connectivity index is 2.30. The van der Waals surface area contributed by atoms with Crippen molar-refractivity contribution in [3.63, 3.8) is 0 Å². The topological polar surface area (TPSA) is 66.8 Å². The first-order chi connectivity index (χ1) is 9.83. The van der Waals surface area contributed by atoms with Crippen molar-refractivity contribution in [3.8, 4) is 0 Å². The highest BCUT2D eigenvalue weighted by Gasteiger charge is 2.39. The molecule has 1 aliphatic rings. The summed E-state index contributed by atoms with van der Waals surface area (Å²) in [6, 6.07) is 6.97. The van der Waals surface area contributed by atoms with Gasteiger partial charge in [0.05, 0.1) is 18.2 Å². The van der Waals surface area contributed by atoms with Crippen LogP contribution in [0.5, 0.6) is 0 Å². The Kier molecular flexibility index (Phi) is 4.32. The van der Waals surface area contributed by atoms with Crippen LogP contribution in [0.2, 0.25) is 0 Å². The Bertz CT molecular complexity index is 547. The Morgan fingerprint density at radius 3 is 2.67 bits per heavy atom. The summed E-state index contributed by atoms with van der Waals surface area (Å²) < 4.78 is 4.93. The lowest BCUT2D eigenvalue weighted by atomic mass is 9.93. The number of hydrogen-bond donors (Lipinski definition) is 1. The van der Waals surface area contributed by atoms with Crippen molar-refractivity contribution in [1.82, 2.24) is 4.90 Å². The van der Waals surface area contributed by atoms with Gasteiger partial charge in [0.25, 0.3) is 5.91 Å². The van der Waals surface area contributed by atoms with Crippen LogP contribution in [0.1, 0.15) is 49.2 Å². The van der Waals surface area contributed by atoms with E-state index in [2.05, 4.69) is 0 Å². The molecular formula is C16H21NO4. The van der Waals surface area contributed by atoms with E-state index in [0.29, 0.717) is 12.0 Å². The molecule has 1 amide bonds. The third-order valence-electron chi connectivity index (χ3n) is 3.48. The molecule has 114 valence electrons. The number of carbonyl (C=O) groups excluding carboxylic acids is 2. The smallest absolute Gasteiger partial charge is 0.325 e. The fourth-order valence-electron chi connectivity index (χ4n) is 2.67. The van der Waals surface area contributed by atoms with Crippen LogP contribution in [0.4, 0.5) is 0 Å². The molecule has 0 fully saturated rings. The van der Waals surface area contributed by atoms with Crippen LogP contribution in [0.25, 0.3) is 0 Å². The number of ether oxygens (including phenoxy) is 1. The molecule has 0 aliphatic carbocycles. The summed E-state index contributed by atoms with van der Waals surface area (Å²) in [6.45, 7) is 5.31. The second-order valence-corrected chi connectivity index (χ2v) is 5.86. The summed E-state index contributed by atoms with van der Waals surface area (Å²) in [5.41, 5.74) is 0.514. The van der Waals surface area contributed by atoms with Gasteiger partial charge in [-0.05, 0) is 32.4 Å². The molecule has 5 nitrogen and oxygen atoms in total. The lowest BCUT2D eigenvalue weighted by Gasteiger charge is -2.29. The SMILES string of the molecule is CCOC(=O)CN1C(=O)c2ccccc2C1CC(C)(C)O. The quantitative estimate of drug-likeness (QED) is 0.842. The third-order valence-corrected chi connectivity index (χ3v) is 3.48. The molecule has 1 heterocycles. The van der Waals surface area contributed by atoms with E-state index in [0.717, 1.165) is 5.56 Å². The zero-order chi connectivity index (χ0) is 15.6. The number of carbonyl (C=O) groups is 2. The number of rotatable bonds is 5. The predicted molar refractivity (Wildman–Crippen MR) is 77.8 cm³/mol. The standard InChI is InChI=1S/C16H21NO4/c1-4-21-14(18)10-17-13(9-16(2,3)20)11-7-5-6-8-12(11)15(17)19/h5-8,13,20H,4,9-10H2,1-3H3. The summed E-state index contributed by atoms with van der Waals surface area (Å²) in [5.74, 6) is -0.618. The summed E-state index contributed by atoms with van der Waals surface area (Å²) >= 11 is 0. The van der Waals surface area contributed by atoms with Crippen LogP contribution in [0, 0.1) is 0 Å². The van der Waals surface area contributed by atoms with Gasteiger partial charge in [-0.15, -0.1) is 0 Å². The molecule has 0 aromatic heterocycles. The van der Waals surface area contributed by atoms with E-state index in [1.807, 2.05) is 12.1 Å². The molecule has 0 spiro atoms. The lowest BCUT2D eigenvalue weighted by Crippen LogP contribution is -2.37. The molecule has 5 heteroatoms. The van der Waals surface area contributed by atoms with E-state index in [4.69, 9.17) is 4.74 Å². The van der Waals surface area contributed by atoms with Gasteiger partial charge < -0.3 is 14.7 Å². The molecule has 0 saturated carbocycles. The minimum Gasteiger partial charge on any atom is -0.465 e. The molecular weight excluding hydrogens is 270 g/mol. The Hall–Kier alpha value is -1.88. The van der Waals surface area contributed by atoms with Crippen LogP contribution in [-0.2, 0) is 9.53 Å². The van der Waals surface area contributed by atoms with Crippen molar-refractivity contribution in [2.24, 2.45) is 0 Å². The molecule has 1 atom stereocenters. The van der Waals surface area contributed by atoms with Crippen molar-refractivity contribution >= 4 is 11.9 Å². The first-order valence-corrected chi connectivity index (χ1v) is 7.11. The van der Waals surface area contributed by atoms with Crippen LogP contribution < -0.4 is 0 Å². The Labute approximate surface area is 124 Å². The number of amides is 1. The molecule has 2 rings (SSSR count). The summed E-state index contributed by atoms with van der Waals surface area (Å²) in [7, 11) is 0. The maximum atomic E-state index is 12.5. The fraction of sp³-hybridized carbons (Fsp3) is 0.500. The third kappa shape index (κ3) is 3.42. The molecule has 0 bridgehead atoms. The minimum absolute atomic E-state index is 0.0951. The van der Waals surface area contributed by atoms with Gasteiger partial charge in [-0.2, -0.15) is 0 Å². The normalized spacial score (nSPS) is 17.8. The largest absolute Gasteiger partial charge is 0.465 e. The Morgan fingerprint density at radius 1 is 1.38 bits per heavy atom. The van der Waals surface area contributed by atoms with E-state index in [1.165, 1.54) is 4.90 Å². The monoisotopic (exact) mass is 291 g/mol. The van der Waals surface area contributed by atoms with Crippen LogP contribution in [0.3, 0.4) is 0 Å². The van der Waals surface area contributed by atoms with E-state index in [9.17, 15) is 14.7 Å². The number of hydrogen-bond acceptors (Lipinski definition) is 4. The van der Waals surface area contributed by atoms with Gasteiger partial charge in [0, 0.05) is 12.0 Å².